The number of aromatic nitrogens is 2. The van der Waals surface area contributed by atoms with E-state index >= 15 is 0 Å². The second-order valence-electron chi connectivity index (χ2n) is 14.6. The van der Waals surface area contributed by atoms with Crippen molar-refractivity contribution in [1.82, 2.24) is 9.55 Å². The molecule has 11 aromatic rings. The zero-order chi connectivity index (χ0) is 37.2. The maximum atomic E-state index is 6.27. The van der Waals surface area contributed by atoms with Gasteiger partial charge in [0.2, 0.25) is 0 Å². The Balaban J connectivity index is 1.14. The van der Waals surface area contributed by atoms with Crippen LogP contribution in [-0.2, 0) is 6.42 Å². The first kappa shape index (κ1) is 32.2. The van der Waals surface area contributed by atoms with Gasteiger partial charge in [0.05, 0.1) is 11.0 Å². The summed E-state index contributed by atoms with van der Waals surface area (Å²) in [6.45, 7) is 2.17. The Bertz CT molecular complexity index is 3290. The number of para-hydroxylation sites is 3. The van der Waals surface area contributed by atoms with Crippen LogP contribution in [0.3, 0.4) is 0 Å². The molecule has 9 aromatic carbocycles. The molecule has 3 heteroatoms. The number of furan rings is 1. The zero-order valence-corrected chi connectivity index (χ0v) is 30.9. The molecule has 11 rings (SSSR count). The minimum atomic E-state index is 0.850. The van der Waals surface area contributed by atoms with E-state index in [0.717, 1.165) is 50.9 Å². The Hall–Kier alpha value is -7.23. The van der Waals surface area contributed by atoms with Gasteiger partial charge in [0.1, 0.15) is 17.0 Å². The molecule has 3 nitrogen and oxygen atoms in total. The van der Waals surface area contributed by atoms with Gasteiger partial charge in [-0.2, -0.15) is 0 Å². The van der Waals surface area contributed by atoms with E-state index in [0.29, 0.717) is 0 Å². The smallest absolute Gasteiger partial charge is 0.135 e. The van der Waals surface area contributed by atoms with E-state index in [-0.39, 0.29) is 0 Å². The number of rotatable bonds is 6. The molecular weight excluding hydrogens is 681 g/mol. The molecule has 0 radical (unpaired) electrons. The van der Waals surface area contributed by atoms with Crippen molar-refractivity contribution in [2.45, 2.75) is 13.3 Å². The summed E-state index contributed by atoms with van der Waals surface area (Å²) in [6.07, 6.45) is 0.850. The number of imidazole rings is 1. The lowest BCUT2D eigenvalue weighted by molar-refractivity contribution is 0.669. The maximum Gasteiger partial charge on any atom is 0.135 e. The molecule has 0 atom stereocenters. The van der Waals surface area contributed by atoms with E-state index in [2.05, 4.69) is 187 Å². The second-order valence-corrected chi connectivity index (χ2v) is 14.6. The lowest BCUT2D eigenvalue weighted by Gasteiger charge is -2.19. The summed E-state index contributed by atoms with van der Waals surface area (Å²) in [4.78, 5) is 4.96. The molecule has 0 saturated carbocycles. The highest BCUT2D eigenvalue weighted by Gasteiger charge is 2.20. The van der Waals surface area contributed by atoms with Gasteiger partial charge in [-0.15, -0.1) is 0 Å². The van der Waals surface area contributed by atoms with Gasteiger partial charge in [0.25, 0.3) is 0 Å². The van der Waals surface area contributed by atoms with Crippen molar-refractivity contribution in [3.05, 3.63) is 194 Å². The average molecular weight is 717 g/mol. The van der Waals surface area contributed by atoms with E-state index in [4.69, 9.17) is 9.40 Å². The van der Waals surface area contributed by atoms with Crippen molar-refractivity contribution in [1.29, 1.82) is 0 Å². The molecule has 0 spiro atoms. The van der Waals surface area contributed by atoms with Crippen LogP contribution < -0.4 is 0 Å². The van der Waals surface area contributed by atoms with Gasteiger partial charge in [0.15, 0.2) is 0 Å². The van der Waals surface area contributed by atoms with Gasteiger partial charge in [-0.1, -0.05) is 140 Å². The third-order valence-electron chi connectivity index (χ3n) is 11.3. The van der Waals surface area contributed by atoms with Gasteiger partial charge in [-0.3, -0.25) is 4.57 Å². The van der Waals surface area contributed by atoms with E-state index < -0.39 is 0 Å². The van der Waals surface area contributed by atoms with Gasteiger partial charge in [-0.05, 0) is 121 Å². The zero-order valence-electron chi connectivity index (χ0n) is 30.9. The summed E-state index contributed by atoms with van der Waals surface area (Å²) >= 11 is 0. The molecule has 0 unspecified atom stereocenters. The lowest BCUT2D eigenvalue weighted by atomic mass is 9.84. The molecule has 0 fully saturated rings. The molecule has 2 aromatic heterocycles. The van der Waals surface area contributed by atoms with Crippen LogP contribution in [0.15, 0.2) is 192 Å². The fourth-order valence-electron chi connectivity index (χ4n) is 8.77. The van der Waals surface area contributed by atoms with Crippen LogP contribution in [0.25, 0.3) is 105 Å². The summed E-state index contributed by atoms with van der Waals surface area (Å²) < 4.78 is 8.58. The first-order chi connectivity index (χ1) is 27.7. The molecule has 0 saturated heterocycles. The Morgan fingerprint density at radius 2 is 0.982 bits per heavy atom. The van der Waals surface area contributed by atoms with Crippen LogP contribution in [0.2, 0.25) is 0 Å². The normalized spacial score (nSPS) is 11.7. The van der Waals surface area contributed by atoms with E-state index in [1.54, 1.807) is 0 Å². The van der Waals surface area contributed by atoms with Crippen molar-refractivity contribution in [3.63, 3.8) is 0 Å². The number of hydrogen-bond donors (Lipinski definition) is 0. The number of aryl methyl sites for hydroxylation is 1. The first-order valence-corrected chi connectivity index (χ1v) is 19.3. The molecule has 0 N–H and O–H groups in total. The highest BCUT2D eigenvalue weighted by molar-refractivity contribution is 6.22. The number of nitrogens with zero attached hydrogens (tertiary/aromatic N) is 2. The summed E-state index contributed by atoms with van der Waals surface area (Å²) in [5, 5.41) is 7.15. The topological polar surface area (TPSA) is 31.0 Å². The average Bonchev–Trinajstić information content (AvgIpc) is 3.84. The molecule has 0 aliphatic carbocycles. The molecule has 0 aliphatic rings. The van der Waals surface area contributed by atoms with Crippen LogP contribution in [0.5, 0.6) is 0 Å². The van der Waals surface area contributed by atoms with E-state index in [9.17, 15) is 0 Å². The molecule has 0 amide bonds. The predicted octanol–water partition coefficient (Wildman–Crippen LogP) is 14.5. The third kappa shape index (κ3) is 5.16. The van der Waals surface area contributed by atoms with Gasteiger partial charge in [0, 0.05) is 22.9 Å². The highest BCUT2D eigenvalue weighted by Crippen LogP contribution is 2.46. The van der Waals surface area contributed by atoms with Crippen molar-refractivity contribution < 1.29 is 4.42 Å². The molecular formula is C53H36N2O. The summed E-state index contributed by atoms with van der Waals surface area (Å²) in [6, 6.07) is 67.9. The molecule has 2 heterocycles. The minimum Gasteiger partial charge on any atom is -0.456 e. The lowest BCUT2D eigenvalue weighted by Crippen LogP contribution is -2.00. The van der Waals surface area contributed by atoms with Crippen LogP contribution in [0.4, 0.5) is 0 Å². The Labute approximate surface area is 324 Å². The van der Waals surface area contributed by atoms with E-state index in [1.807, 2.05) is 12.1 Å². The fourth-order valence-corrected chi connectivity index (χ4v) is 8.77. The molecule has 0 bridgehead atoms. The first-order valence-electron chi connectivity index (χ1n) is 19.3. The SMILES string of the molecule is CCc1nc2ccccc2n1-c1cccc(-c2cccc(-c3c4ccccc4c(-c4ccc5oc6ccccc6c5c4)c4cc(-c5ccccc5)ccc34)c2)c1. The van der Waals surface area contributed by atoms with Crippen LogP contribution in [0.1, 0.15) is 12.7 Å². The monoisotopic (exact) mass is 716 g/mol. The van der Waals surface area contributed by atoms with Crippen LogP contribution in [-0.4, -0.2) is 9.55 Å². The predicted molar refractivity (Wildman–Crippen MR) is 234 cm³/mol. The van der Waals surface area contributed by atoms with E-state index in [1.165, 1.54) is 66.1 Å². The third-order valence-corrected chi connectivity index (χ3v) is 11.3. The molecule has 264 valence electrons. The van der Waals surface area contributed by atoms with Gasteiger partial charge in [-0.25, -0.2) is 4.98 Å². The fraction of sp³-hybridized carbons (Fsp3) is 0.0377. The van der Waals surface area contributed by atoms with Crippen molar-refractivity contribution in [2.75, 3.05) is 0 Å². The largest absolute Gasteiger partial charge is 0.456 e. The maximum absolute atomic E-state index is 6.27. The molecule has 0 aliphatic heterocycles. The summed E-state index contributed by atoms with van der Waals surface area (Å²) in [5.41, 5.74) is 14.6. The van der Waals surface area contributed by atoms with Gasteiger partial charge >= 0.3 is 0 Å². The quantitative estimate of drug-likeness (QED) is 0.160. The van der Waals surface area contributed by atoms with Crippen molar-refractivity contribution in [2.24, 2.45) is 0 Å². The second kappa shape index (κ2) is 13.0. The van der Waals surface area contributed by atoms with Crippen molar-refractivity contribution >= 4 is 54.5 Å². The Morgan fingerprint density at radius 1 is 0.411 bits per heavy atom. The summed E-state index contributed by atoms with van der Waals surface area (Å²) in [7, 11) is 0. The Kier molecular flexibility index (Phi) is 7.46. The summed E-state index contributed by atoms with van der Waals surface area (Å²) in [5.74, 6) is 1.06. The number of hydrogen-bond acceptors (Lipinski definition) is 2. The molecule has 56 heavy (non-hydrogen) atoms. The minimum absolute atomic E-state index is 0.850. The van der Waals surface area contributed by atoms with Crippen LogP contribution in [0, 0.1) is 0 Å². The highest BCUT2D eigenvalue weighted by atomic mass is 16.3. The number of fused-ring (bicyclic) bond motifs is 6. The van der Waals surface area contributed by atoms with Crippen LogP contribution >= 0.6 is 0 Å². The number of benzene rings is 9. The Morgan fingerprint density at radius 3 is 1.82 bits per heavy atom. The standard InChI is InChI=1S/C53H36N2O/c1-2-51-54-47-23-9-10-24-48(47)55(51)40-19-13-17-36(31-40)35-16-12-18-38(30-35)52-42-21-6-7-22-43(42)53(46-32-37(26-28-44(46)52)34-14-4-3-5-15-34)39-27-29-50-45(33-39)41-20-8-11-25-49(41)56-50/h3-33H,2H2,1H3. The van der Waals surface area contributed by atoms with Crippen molar-refractivity contribution in [3.8, 4) is 50.2 Å². The van der Waals surface area contributed by atoms with Gasteiger partial charge < -0.3 is 4.42 Å².